The van der Waals surface area contributed by atoms with Gasteiger partial charge in [0.25, 0.3) is 0 Å². The van der Waals surface area contributed by atoms with Gasteiger partial charge in [-0.25, -0.2) is 0 Å². The van der Waals surface area contributed by atoms with Crippen LogP contribution < -0.4 is 10.6 Å². The number of rotatable bonds is 4. The first-order valence-corrected chi connectivity index (χ1v) is 6.82. The van der Waals surface area contributed by atoms with Gasteiger partial charge in [-0.2, -0.15) is 0 Å². The van der Waals surface area contributed by atoms with Crippen molar-refractivity contribution in [3.8, 4) is 0 Å². The van der Waals surface area contributed by atoms with Crippen molar-refractivity contribution in [3.63, 3.8) is 0 Å². The fraction of sp³-hybridized carbons (Fsp3) is 0.312. The van der Waals surface area contributed by atoms with Crippen molar-refractivity contribution in [1.82, 2.24) is 5.32 Å². The molecule has 0 radical (unpaired) electrons. The summed E-state index contributed by atoms with van der Waals surface area (Å²) in [6.45, 7) is 1.13. The summed E-state index contributed by atoms with van der Waals surface area (Å²) in [6.07, 6.45) is 4.31. The van der Waals surface area contributed by atoms with Crippen LogP contribution in [-0.2, 0) is 11.2 Å². The zero-order valence-electron chi connectivity index (χ0n) is 11.3. The number of hydrogen-bond donors (Lipinski definition) is 2. The minimum atomic E-state index is 0. The summed E-state index contributed by atoms with van der Waals surface area (Å²) in [7, 11) is 0. The zero-order chi connectivity index (χ0) is 13.1. The van der Waals surface area contributed by atoms with E-state index >= 15 is 0 Å². The molecule has 0 bridgehead atoms. The molecule has 0 saturated carbocycles. The Hall–Kier alpha value is -1.58. The topological polar surface area (TPSA) is 41.1 Å². The van der Waals surface area contributed by atoms with Gasteiger partial charge in [-0.1, -0.05) is 24.3 Å². The average Bonchev–Trinajstić information content (AvgIpc) is 2.93. The molecule has 1 aliphatic heterocycles. The lowest BCUT2D eigenvalue weighted by Gasteiger charge is -2.13. The van der Waals surface area contributed by atoms with E-state index in [2.05, 4.69) is 41.0 Å². The summed E-state index contributed by atoms with van der Waals surface area (Å²) >= 11 is 0. The summed E-state index contributed by atoms with van der Waals surface area (Å²) in [4.78, 5) is 10.6. The molecule has 0 aromatic heterocycles. The molecule has 0 unspecified atom stereocenters. The molecule has 2 N–H and O–H groups in total. The lowest BCUT2D eigenvalue weighted by atomic mass is 9.97. The Kier molecular flexibility index (Phi) is 4.99. The van der Waals surface area contributed by atoms with Crippen molar-refractivity contribution < 1.29 is 4.79 Å². The van der Waals surface area contributed by atoms with Crippen LogP contribution in [0.3, 0.4) is 0 Å². The van der Waals surface area contributed by atoms with Crippen molar-refractivity contribution in [1.29, 1.82) is 0 Å². The third-order valence-corrected chi connectivity index (χ3v) is 3.83. The van der Waals surface area contributed by atoms with Gasteiger partial charge in [0.05, 0.1) is 0 Å². The minimum absolute atomic E-state index is 0. The molecule has 0 aliphatic carbocycles. The molecule has 1 heterocycles. The van der Waals surface area contributed by atoms with Gasteiger partial charge < -0.3 is 10.6 Å². The number of carbonyl (C=O) groups excluding carboxylic acids is 1. The SMILES string of the molecule is Cl.O=CNc1ccc2cccc(C[C@H]3CCCN3)c2c1. The summed E-state index contributed by atoms with van der Waals surface area (Å²) in [5.41, 5.74) is 2.21. The number of nitrogens with one attached hydrogen (secondary N) is 2. The fourth-order valence-corrected chi connectivity index (χ4v) is 2.87. The molecule has 1 aliphatic rings. The number of benzene rings is 2. The minimum Gasteiger partial charge on any atom is -0.329 e. The van der Waals surface area contributed by atoms with E-state index in [4.69, 9.17) is 0 Å². The van der Waals surface area contributed by atoms with Crippen LogP contribution in [0.2, 0.25) is 0 Å². The molecule has 1 atom stereocenters. The van der Waals surface area contributed by atoms with Gasteiger partial charge in [-0.05, 0) is 54.3 Å². The summed E-state index contributed by atoms with van der Waals surface area (Å²) in [6, 6.07) is 13.1. The standard InChI is InChI=1S/C16H18N2O.ClH/c19-11-18-15-7-6-12-3-1-4-13(16(12)10-15)9-14-5-2-8-17-14;/h1,3-4,6-7,10-11,14,17H,2,5,8-9H2,(H,18,19);1H/t14-;/m1./s1. The van der Waals surface area contributed by atoms with Crippen molar-refractivity contribution in [2.75, 3.05) is 11.9 Å². The molecule has 1 fully saturated rings. The van der Waals surface area contributed by atoms with E-state index in [-0.39, 0.29) is 12.4 Å². The quantitative estimate of drug-likeness (QED) is 0.850. The van der Waals surface area contributed by atoms with Crippen LogP contribution in [0.1, 0.15) is 18.4 Å². The van der Waals surface area contributed by atoms with E-state index in [0.29, 0.717) is 6.04 Å². The maximum atomic E-state index is 10.6. The van der Waals surface area contributed by atoms with E-state index in [1.165, 1.54) is 29.2 Å². The first-order valence-electron chi connectivity index (χ1n) is 6.82. The Labute approximate surface area is 125 Å². The Morgan fingerprint density at radius 2 is 2.20 bits per heavy atom. The maximum Gasteiger partial charge on any atom is 0.211 e. The van der Waals surface area contributed by atoms with E-state index in [0.717, 1.165) is 25.1 Å². The molecule has 3 nitrogen and oxygen atoms in total. The predicted molar refractivity (Wildman–Crippen MR) is 85.6 cm³/mol. The molecule has 4 heteroatoms. The van der Waals surface area contributed by atoms with Gasteiger partial charge in [-0.3, -0.25) is 4.79 Å². The van der Waals surface area contributed by atoms with Crippen LogP contribution in [0.25, 0.3) is 10.8 Å². The molecule has 106 valence electrons. The highest BCUT2D eigenvalue weighted by atomic mass is 35.5. The predicted octanol–water partition coefficient (Wildman–Crippen LogP) is 3.12. The van der Waals surface area contributed by atoms with Crippen LogP contribution in [0, 0.1) is 0 Å². The van der Waals surface area contributed by atoms with Crippen molar-refractivity contribution in [3.05, 3.63) is 42.0 Å². The third kappa shape index (κ3) is 3.11. The number of halogens is 1. The van der Waals surface area contributed by atoms with E-state index in [9.17, 15) is 4.79 Å². The number of amides is 1. The van der Waals surface area contributed by atoms with E-state index in [1.54, 1.807) is 0 Å². The summed E-state index contributed by atoms with van der Waals surface area (Å²) < 4.78 is 0. The van der Waals surface area contributed by atoms with Crippen molar-refractivity contribution in [2.45, 2.75) is 25.3 Å². The molecule has 2 aromatic rings. The fourth-order valence-electron chi connectivity index (χ4n) is 2.87. The van der Waals surface area contributed by atoms with Gasteiger partial charge >= 0.3 is 0 Å². The molecule has 0 spiro atoms. The second-order valence-electron chi connectivity index (χ2n) is 5.11. The van der Waals surface area contributed by atoms with Crippen molar-refractivity contribution in [2.24, 2.45) is 0 Å². The second kappa shape index (κ2) is 6.73. The number of fused-ring (bicyclic) bond motifs is 1. The first-order chi connectivity index (χ1) is 9.36. The lowest BCUT2D eigenvalue weighted by Crippen LogP contribution is -2.23. The van der Waals surface area contributed by atoms with Gasteiger partial charge in [0.15, 0.2) is 0 Å². The number of anilines is 1. The molecule has 3 rings (SSSR count). The number of carbonyl (C=O) groups is 1. The molecule has 1 amide bonds. The van der Waals surface area contributed by atoms with E-state index in [1.807, 2.05) is 6.07 Å². The van der Waals surface area contributed by atoms with Crippen molar-refractivity contribution >= 4 is 35.3 Å². The molecule has 1 saturated heterocycles. The lowest BCUT2D eigenvalue weighted by molar-refractivity contribution is -0.105. The summed E-state index contributed by atoms with van der Waals surface area (Å²) in [5.74, 6) is 0. The van der Waals surface area contributed by atoms with Crippen LogP contribution in [0.4, 0.5) is 5.69 Å². The Morgan fingerprint density at radius 1 is 1.30 bits per heavy atom. The van der Waals surface area contributed by atoms with Crippen LogP contribution in [-0.4, -0.2) is 19.0 Å². The average molecular weight is 291 g/mol. The third-order valence-electron chi connectivity index (χ3n) is 3.83. The van der Waals surface area contributed by atoms with Crippen LogP contribution in [0.15, 0.2) is 36.4 Å². The molecular formula is C16H19ClN2O. The highest BCUT2D eigenvalue weighted by Crippen LogP contribution is 2.25. The van der Waals surface area contributed by atoms with Gasteiger partial charge in [-0.15, -0.1) is 12.4 Å². The highest BCUT2D eigenvalue weighted by Gasteiger charge is 2.15. The molecule has 2 aromatic carbocycles. The van der Waals surface area contributed by atoms with Gasteiger partial charge in [0, 0.05) is 11.7 Å². The maximum absolute atomic E-state index is 10.6. The second-order valence-corrected chi connectivity index (χ2v) is 5.11. The molecule has 20 heavy (non-hydrogen) atoms. The monoisotopic (exact) mass is 290 g/mol. The number of hydrogen-bond acceptors (Lipinski definition) is 2. The van der Waals surface area contributed by atoms with E-state index < -0.39 is 0 Å². The summed E-state index contributed by atoms with van der Waals surface area (Å²) in [5, 5.41) is 8.73. The zero-order valence-corrected chi connectivity index (χ0v) is 12.1. The largest absolute Gasteiger partial charge is 0.329 e. The molecular weight excluding hydrogens is 272 g/mol. The van der Waals surface area contributed by atoms with Crippen LogP contribution in [0.5, 0.6) is 0 Å². The van der Waals surface area contributed by atoms with Crippen LogP contribution >= 0.6 is 12.4 Å². The highest BCUT2D eigenvalue weighted by molar-refractivity contribution is 5.90. The Balaban J connectivity index is 0.00000147. The Bertz CT molecular complexity index is 594. The van der Waals surface area contributed by atoms with Gasteiger partial charge in [0.1, 0.15) is 0 Å². The first kappa shape index (κ1) is 14.8. The smallest absolute Gasteiger partial charge is 0.211 e. The normalized spacial score (nSPS) is 17.7. The Morgan fingerprint density at radius 3 is 2.95 bits per heavy atom. The van der Waals surface area contributed by atoms with Gasteiger partial charge in [0.2, 0.25) is 6.41 Å².